The van der Waals surface area contributed by atoms with Crippen molar-refractivity contribution in [2.75, 3.05) is 25.1 Å². The van der Waals surface area contributed by atoms with E-state index in [2.05, 4.69) is 10.1 Å². The molecule has 1 saturated heterocycles. The molecule has 14 heteroatoms. The number of nitrogens with zero attached hydrogens (tertiary/aromatic N) is 6. The number of carbonyl (C=O) groups excluding carboxylic acids is 3. The number of aryl methyl sites for hydroxylation is 1. The molecule has 3 amide bonds. The number of hydrogen-bond acceptors (Lipinski definition) is 7. The van der Waals surface area contributed by atoms with Crippen molar-refractivity contribution in [2.24, 2.45) is 0 Å². The van der Waals surface area contributed by atoms with E-state index in [-0.39, 0.29) is 5.56 Å². The molecule has 2 aliphatic rings. The first kappa shape index (κ1) is 25.8. The lowest BCUT2D eigenvalue weighted by atomic mass is 10.0. The summed E-state index contributed by atoms with van der Waals surface area (Å²) in [5, 5.41) is 4.59. The Bertz CT molecular complexity index is 1430. The summed E-state index contributed by atoms with van der Waals surface area (Å²) in [4.78, 5) is 43.9. The molecule has 5 rings (SSSR count). The van der Waals surface area contributed by atoms with Gasteiger partial charge in [0.2, 0.25) is 11.8 Å². The van der Waals surface area contributed by atoms with Crippen LogP contribution in [-0.4, -0.2) is 74.7 Å². The molecule has 200 valence electrons. The van der Waals surface area contributed by atoms with Gasteiger partial charge in [-0.2, -0.15) is 18.3 Å². The molecular weight excluding hydrogens is 529 g/mol. The zero-order valence-corrected chi connectivity index (χ0v) is 21.0. The molecule has 2 aliphatic heterocycles. The van der Waals surface area contributed by atoms with Crippen LogP contribution in [0, 0.1) is 0 Å². The van der Waals surface area contributed by atoms with Crippen LogP contribution in [0.2, 0.25) is 5.15 Å². The number of hydrogen-bond donors (Lipinski definition) is 0. The van der Waals surface area contributed by atoms with Gasteiger partial charge < -0.3 is 14.5 Å². The maximum Gasteiger partial charge on any atom is 0.417 e. The summed E-state index contributed by atoms with van der Waals surface area (Å²) in [6.45, 7) is 1.14. The Hall–Kier alpha value is -3.87. The molecule has 0 radical (unpaired) electrons. The molecule has 1 fully saturated rings. The Labute approximate surface area is 219 Å². The van der Waals surface area contributed by atoms with Crippen molar-refractivity contribution in [2.45, 2.75) is 38.0 Å². The van der Waals surface area contributed by atoms with Crippen LogP contribution in [0.15, 0.2) is 36.5 Å². The van der Waals surface area contributed by atoms with Crippen LogP contribution in [0.3, 0.4) is 0 Å². The number of rotatable bonds is 4. The fourth-order valence-electron chi connectivity index (χ4n) is 4.98. The van der Waals surface area contributed by atoms with Crippen molar-refractivity contribution in [1.82, 2.24) is 24.4 Å². The van der Waals surface area contributed by atoms with Crippen LogP contribution in [-0.2, 0) is 20.7 Å². The zero-order chi connectivity index (χ0) is 27.4. The smallest absolute Gasteiger partial charge is 0.417 e. The van der Waals surface area contributed by atoms with Gasteiger partial charge in [-0.1, -0.05) is 23.7 Å². The van der Waals surface area contributed by atoms with E-state index in [4.69, 9.17) is 16.3 Å². The van der Waals surface area contributed by atoms with Crippen LogP contribution in [0.5, 0.6) is 0 Å². The number of amides is 3. The molecule has 4 heterocycles. The molecule has 38 heavy (non-hydrogen) atoms. The first-order valence-electron chi connectivity index (χ1n) is 11.7. The summed E-state index contributed by atoms with van der Waals surface area (Å²) in [7, 11) is 0.989. The maximum atomic E-state index is 14.2. The molecule has 1 aromatic carbocycles. The highest BCUT2D eigenvalue weighted by Crippen LogP contribution is 2.40. The van der Waals surface area contributed by atoms with Crippen molar-refractivity contribution >= 4 is 46.5 Å². The van der Waals surface area contributed by atoms with E-state index in [9.17, 15) is 27.6 Å². The first-order chi connectivity index (χ1) is 18.0. The third kappa shape index (κ3) is 4.40. The minimum Gasteiger partial charge on any atom is -0.446 e. The van der Waals surface area contributed by atoms with Gasteiger partial charge in [0.1, 0.15) is 6.61 Å². The lowest BCUT2D eigenvalue weighted by Crippen LogP contribution is -2.51. The Balaban J connectivity index is 1.44. The van der Waals surface area contributed by atoms with E-state index in [1.165, 1.54) is 12.1 Å². The number of aromatic nitrogens is 3. The van der Waals surface area contributed by atoms with Gasteiger partial charge in [-0.15, -0.1) is 0 Å². The molecule has 0 N–H and O–H groups in total. The van der Waals surface area contributed by atoms with E-state index in [0.29, 0.717) is 32.8 Å². The van der Waals surface area contributed by atoms with E-state index in [1.54, 1.807) is 28.9 Å². The normalized spacial score (nSPS) is 18.4. The summed E-state index contributed by atoms with van der Waals surface area (Å²) < 4.78 is 49.1. The molecule has 0 bridgehead atoms. The third-order valence-electron chi connectivity index (χ3n) is 6.68. The monoisotopic (exact) mass is 550 g/mol. The summed E-state index contributed by atoms with van der Waals surface area (Å²) in [5.74, 6) is -1.85. The number of alkyl halides is 3. The number of benzene rings is 1. The topological polar surface area (TPSA) is 100 Å². The molecule has 2 atom stereocenters. The van der Waals surface area contributed by atoms with Crippen LogP contribution >= 0.6 is 11.6 Å². The van der Waals surface area contributed by atoms with Gasteiger partial charge in [0, 0.05) is 32.3 Å². The van der Waals surface area contributed by atoms with Crippen molar-refractivity contribution in [3.8, 4) is 0 Å². The lowest BCUT2D eigenvalue weighted by Gasteiger charge is -2.34. The summed E-state index contributed by atoms with van der Waals surface area (Å²) in [5.41, 5.74) is 2.72. The molecule has 2 aromatic heterocycles. The number of carbonyl (C=O) groups is 3. The zero-order valence-electron chi connectivity index (χ0n) is 20.3. The average molecular weight is 551 g/mol. The number of halogens is 4. The number of anilines is 2. The second-order valence-corrected chi connectivity index (χ2v) is 9.44. The van der Waals surface area contributed by atoms with Gasteiger partial charge >= 0.3 is 12.3 Å². The Morgan fingerprint density at radius 3 is 2.61 bits per heavy atom. The largest absolute Gasteiger partial charge is 0.446 e. The predicted octanol–water partition coefficient (Wildman–Crippen LogP) is 3.90. The molecule has 3 aromatic rings. The Morgan fingerprint density at radius 2 is 1.95 bits per heavy atom. The van der Waals surface area contributed by atoms with Gasteiger partial charge in [0.25, 0.3) is 0 Å². The minimum absolute atomic E-state index is 0.179. The van der Waals surface area contributed by atoms with Crippen molar-refractivity contribution in [1.29, 1.82) is 0 Å². The molecule has 0 aliphatic carbocycles. The molecule has 0 saturated carbocycles. The molecule has 1 unspecified atom stereocenters. The molecular formula is C24H22ClF3N6O4. The fourth-order valence-corrected chi connectivity index (χ4v) is 5.15. The Morgan fingerprint density at radius 1 is 1.24 bits per heavy atom. The highest BCUT2D eigenvalue weighted by Gasteiger charge is 2.49. The highest BCUT2D eigenvalue weighted by molar-refractivity contribution is 6.29. The SMILES string of the molecule is CC(=O)N1C(=O)OCC1C(=O)N(C)[C@@H](c1ccc(N2CCCc3c2cnc2cc(Cl)nn32)cc1)C(F)(F)F. The van der Waals surface area contributed by atoms with Gasteiger partial charge in [0.05, 0.1) is 17.6 Å². The lowest BCUT2D eigenvalue weighted by molar-refractivity contribution is -0.190. The van der Waals surface area contributed by atoms with E-state index in [1.807, 2.05) is 4.90 Å². The second kappa shape index (κ2) is 9.46. The van der Waals surface area contributed by atoms with Gasteiger partial charge in [-0.25, -0.2) is 19.2 Å². The number of imide groups is 1. The Kier molecular flexibility index (Phi) is 6.41. The number of cyclic esters (lactones) is 1. The van der Waals surface area contributed by atoms with Crippen molar-refractivity contribution in [3.05, 3.63) is 52.9 Å². The summed E-state index contributed by atoms with van der Waals surface area (Å²) in [6.07, 6.45) is -2.70. The van der Waals surface area contributed by atoms with Crippen molar-refractivity contribution in [3.63, 3.8) is 0 Å². The number of ether oxygens (including phenoxy) is 1. The van der Waals surface area contributed by atoms with Gasteiger partial charge in [-0.3, -0.25) is 9.59 Å². The van der Waals surface area contributed by atoms with E-state index in [0.717, 1.165) is 38.2 Å². The fraction of sp³-hybridized carbons (Fsp3) is 0.375. The number of likely N-dealkylation sites (N-methyl/N-ethyl adjacent to an activating group) is 1. The first-order valence-corrected chi connectivity index (χ1v) is 12.1. The van der Waals surface area contributed by atoms with Crippen LogP contribution in [0.4, 0.5) is 29.3 Å². The van der Waals surface area contributed by atoms with Crippen LogP contribution in [0.1, 0.15) is 30.6 Å². The van der Waals surface area contributed by atoms with E-state index >= 15 is 0 Å². The molecule has 0 spiro atoms. The average Bonchev–Trinajstić information content (AvgIpc) is 3.44. The molecule has 10 nitrogen and oxygen atoms in total. The van der Waals surface area contributed by atoms with Gasteiger partial charge in [0.15, 0.2) is 22.9 Å². The second-order valence-electron chi connectivity index (χ2n) is 9.05. The van der Waals surface area contributed by atoms with Gasteiger partial charge in [-0.05, 0) is 30.5 Å². The summed E-state index contributed by atoms with van der Waals surface area (Å²) >= 11 is 6.03. The third-order valence-corrected chi connectivity index (χ3v) is 6.86. The predicted molar refractivity (Wildman–Crippen MR) is 129 cm³/mol. The highest BCUT2D eigenvalue weighted by atomic mass is 35.5. The summed E-state index contributed by atoms with van der Waals surface area (Å²) in [6, 6.07) is 3.57. The standard InChI is InChI=1S/C24H22ClF3N6O4/c1-13(35)33-18(12-38-23(33)37)22(36)31(2)21(24(26,27)28)14-5-7-15(8-6-14)32-9-3-4-16-17(32)11-29-20-10-19(25)30-34(16)20/h5-8,10-11,18,21H,3-4,9,12H2,1-2H3/t18?,21-/m0/s1. The van der Waals surface area contributed by atoms with Crippen molar-refractivity contribution < 1.29 is 32.3 Å². The maximum absolute atomic E-state index is 14.2. The minimum atomic E-state index is -4.83. The van der Waals surface area contributed by atoms with Crippen LogP contribution < -0.4 is 4.90 Å². The van der Waals surface area contributed by atoms with E-state index < -0.39 is 42.8 Å². The van der Waals surface area contributed by atoms with Crippen LogP contribution in [0.25, 0.3) is 5.65 Å². The number of fused-ring (bicyclic) bond motifs is 3. The quantitative estimate of drug-likeness (QED) is 0.486.